The van der Waals surface area contributed by atoms with Gasteiger partial charge < -0.3 is 51.2 Å². The zero-order chi connectivity index (χ0) is 70.2. The molecule has 6 aromatic rings. The first kappa shape index (κ1) is 78.3. The third-order valence-electron chi connectivity index (χ3n) is 14.7. The second-order valence-corrected chi connectivity index (χ2v) is 25.3. The van der Waals surface area contributed by atoms with Crippen LogP contribution in [0.3, 0.4) is 0 Å². The molecular formula is C69H97N10O12PU. The summed E-state index contributed by atoms with van der Waals surface area (Å²) in [5.41, 5.74) is 14.8. The van der Waals surface area contributed by atoms with Gasteiger partial charge in [-0.1, -0.05) is 184 Å². The Morgan fingerprint density at radius 3 is 1.41 bits per heavy atom. The van der Waals surface area contributed by atoms with Crippen molar-refractivity contribution in [1.29, 1.82) is 2.56 Å². The number of aliphatic carboxylic acids is 1. The fourth-order valence-corrected chi connectivity index (χ4v) is 9.42. The van der Waals surface area contributed by atoms with Crippen LogP contribution in [0.4, 0.5) is 9.59 Å². The third-order valence-corrected chi connectivity index (χ3v) is 14.7. The number of methoxy groups -OCH3 is 3. The summed E-state index contributed by atoms with van der Waals surface area (Å²) in [5, 5.41) is 42.1. The Morgan fingerprint density at radius 2 is 1.00 bits per heavy atom. The minimum atomic E-state index is -1.19. The SMILES string of the molecule is COC(=O)C[C@@H](C(=O)NC(Cc1ccccc1)[C@@H](O)CN(Cc1ccc(-c2ccccn2)cc1)NC(=O)[C@H](NC(=O)OC)C(C)(C)C)C(C)(C)C.COC(=O)N[C@H](C(=O)O)C(C)(C)C.NC(Cc1ccccc1)[C@@H](O)CN(N)Cc1ccc(-c2ccccn2)cc1.[3H]P[3H].[U]. The van der Waals surface area contributed by atoms with Gasteiger partial charge in [-0.25, -0.2) is 24.4 Å². The molecule has 11 N–H and O–H groups in total. The zero-order valence-electron chi connectivity index (χ0n) is 57.5. The van der Waals surface area contributed by atoms with E-state index in [1.165, 1.54) is 21.3 Å². The number of nitrogens with zero attached hydrogens (tertiary/aromatic N) is 4. The summed E-state index contributed by atoms with van der Waals surface area (Å²) >= 11 is 0. The number of benzene rings is 4. The Bertz CT molecular complexity index is 3210. The molecule has 2 unspecified atom stereocenters. The predicted molar refractivity (Wildman–Crippen MR) is 361 cm³/mol. The van der Waals surface area contributed by atoms with E-state index < -0.39 is 98.2 Å². The number of aliphatic hydroxyl groups is 2. The maximum atomic E-state index is 13.8. The molecule has 0 saturated carbocycles. The van der Waals surface area contributed by atoms with E-state index in [1.807, 2.05) is 187 Å². The van der Waals surface area contributed by atoms with E-state index in [-0.39, 0.29) is 63.1 Å². The number of nitrogens with two attached hydrogens (primary N) is 2. The Kier molecular flexibility index (Phi) is 33.8. The number of carbonyl (C=O) groups excluding carboxylic acids is 5. The van der Waals surface area contributed by atoms with Crippen molar-refractivity contribution >= 4 is 45.7 Å². The van der Waals surface area contributed by atoms with Gasteiger partial charge in [0.25, 0.3) is 5.91 Å². The quantitative estimate of drug-likeness (QED) is 0.00864. The first-order valence-electron chi connectivity index (χ1n) is 31.0. The maximum Gasteiger partial charge on any atom is 0.407 e. The number of amides is 4. The fraction of sp³-hybridized carbons (Fsp3) is 0.420. The third kappa shape index (κ3) is 29.4. The van der Waals surface area contributed by atoms with Crippen LogP contribution in [0.1, 0.15) is 91.0 Å². The molecule has 2 heterocycles. The van der Waals surface area contributed by atoms with Gasteiger partial charge in [0, 0.05) is 86.9 Å². The molecule has 4 aromatic carbocycles. The van der Waals surface area contributed by atoms with Crippen LogP contribution >= 0.6 is 9.79 Å². The molecule has 6 rings (SSSR count). The zero-order valence-corrected chi connectivity index (χ0v) is 60.6. The van der Waals surface area contributed by atoms with Crippen molar-refractivity contribution in [3.8, 4) is 22.5 Å². The number of carboxylic acid groups (broad SMARTS) is 1. The van der Waals surface area contributed by atoms with Gasteiger partial charge in [0.1, 0.15) is 12.1 Å². The van der Waals surface area contributed by atoms with Crippen LogP contribution < -0.4 is 33.0 Å². The van der Waals surface area contributed by atoms with Crippen LogP contribution in [0.2, 0.25) is 0 Å². The van der Waals surface area contributed by atoms with E-state index in [0.29, 0.717) is 19.5 Å². The number of alkyl carbamates (subject to hydrolysis) is 2. The Hall–Kier alpha value is -7.16. The number of ether oxygens (including phenoxy) is 3. The molecule has 0 bridgehead atoms. The number of hydrazine groups is 2. The van der Waals surface area contributed by atoms with E-state index in [1.54, 1.807) is 43.2 Å². The van der Waals surface area contributed by atoms with Crippen LogP contribution in [0.5, 0.6) is 0 Å². The van der Waals surface area contributed by atoms with Gasteiger partial charge in [0.2, 0.25) is 5.91 Å². The van der Waals surface area contributed by atoms with Gasteiger partial charge in [-0.2, -0.15) is 9.79 Å². The van der Waals surface area contributed by atoms with Crippen LogP contribution in [0, 0.1) is 53.3 Å². The van der Waals surface area contributed by atoms with Crippen molar-refractivity contribution in [1.82, 2.24) is 41.4 Å². The molecule has 4 amide bonds. The van der Waals surface area contributed by atoms with Gasteiger partial charge in [0.15, 0.2) is 0 Å². The van der Waals surface area contributed by atoms with E-state index in [0.717, 1.165) is 44.8 Å². The second kappa shape index (κ2) is 40.2. The number of hydrogen-bond acceptors (Lipinski definition) is 17. The van der Waals surface area contributed by atoms with E-state index in [2.05, 4.69) is 36.1 Å². The standard InChI is InChI=1S/C39H53N5O7.C22H26N4O.C8H15NO4.H3P.U/c1-38(2,3)29(23-33(46)50-7)35(47)41-31(22-26-14-10-9-11-15-26)32(45)25-44(43-36(48)34(39(4,5)6)42-37(49)51-8)24-27-17-19-28(20-18-27)30-16-12-13-21-40-30;23-20(14-17-6-2-1-3-7-17)22(27)16-26(24)15-18-9-11-19(12-10-18)21-8-4-5-13-25-21;1-8(2,3)5(6(10)11)9-7(12)13-4;;/h9-21,29,31-32,34,45H,22-25H2,1-8H3,(H,41,47)(H,42,49)(H,43,48);1-13,20,22,27H,14-16,23-24H2;5H,1-4H3,(H,9,12)(H,10,11);1H3;/t29-,31?,32-,34-;20?,22-;5-;;/m001../s1/i;;;1T2;. The molecule has 0 aliphatic heterocycles. The summed E-state index contributed by atoms with van der Waals surface area (Å²) < 4.78 is 25.8. The molecule has 2 aromatic heterocycles. The molecule has 0 aliphatic rings. The maximum absolute atomic E-state index is 13.8. The van der Waals surface area contributed by atoms with E-state index in [4.69, 9.17) is 28.7 Å². The fourth-order valence-electron chi connectivity index (χ4n) is 9.42. The van der Waals surface area contributed by atoms with E-state index in [9.17, 15) is 39.0 Å². The van der Waals surface area contributed by atoms with Crippen LogP contribution in [0.25, 0.3) is 22.5 Å². The van der Waals surface area contributed by atoms with Gasteiger partial charge in [-0.05, 0) is 75.6 Å². The number of carboxylic acids is 1. The van der Waals surface area contributed by atoms with Gasteiger partial charge >= 0.3 is 24.1 Å². The Labute approximate surface area is 577 Å². The predicted octanol–water partition coefficient (Wildman–Crippen LogP) is 7.92. The minimum absolute atomic E-state index is 0. The summed E-state index contributed by atoms with van der Waals surface area (Å²) in [4.78, 5) is 82.4. The topological polar surface area (TPSA) is 323 Å². The molecule has 24 heteroatoms. The van der Waals surface area contributed by atoms with Crippen LogP contribution in [-0.4, -0.2) is 145 Å². The molecule has 0 aliphatic carbocycles. The van der Waals surface area contributed by atoms with Crippen molar-refractivity contribution in [2.75, 3.05) is 34.4 Å². The van der Waals surface area contributed by atoms with Crippen molar-refractivity contribution in [2.45, 2.75) is 131 Å². The van der Waals surface area contributed by atoms with Crippen molar-refractivity contribution < 1.29 is 89.4 Å². The first-order chi connectivity index (χ1) is 44.3. The summed E-state index contributed by atoms with van der Waals surface area (Å²) in [6.45, 7) is 17.2. The molecule has 0 saturated heterocycles. The molecule has 22 nitrogen and oxygen atoms in total. The van der Waals surface area contributed by atoms with Gasteiger partial charge in [0.05, 0.1) is 65.9 Å². The van der Waals surface area contributed by atoms with Gasteiger partial charge in [-0.3, -0.25) is 35.6 Å². The summed E-state index contributed by atoms with van der Waals surface area (Å²) in [6, 6.07) is 43.6. The molecule has 0 radical (unpaired) electrons. The van der Waals surface area contributed by atoms with E-state index >= 15 is 0 Å². The number of aromatic nitrogens is 2. The smallest absolute Gasteiger partial charge is 0.407 e. The summed E-state index contributed by atoms with van der Waals surface area (Å²) in [6.07, 6.45) is 0.899. The minimum Gasteiger partial charge on any atom is -0.480 e. The average molecular weight is 1530 g/mol. The normalized spacial score (nSPS) is 13.7. The first-order valence-corrected chi connectivity index (χ1v) is 30.0. The largest absolute Gasteiger partial charge is 0.480 e. The monoisotopic (exact) mass is 1530 g/mol. The summed E-state index contributed by atoms with van der Waals surface area (Å²) in [7, 11) is 3.28. The summed E-state index contributed by atoms with van der Waals surface area (Å²) in [5.74, 6) is 2.86. The van der Waals surface area contributed by atoms with Crippen molar-refractivity contribution in [3.05, 3.63) is 180 Å². The number of aliphatic hydroxyl groups excluding tert-OH is 2. The van der Waals surface area contributed by atoms with Crippen LogP contribution in [0.15, 0.2) is 158 Å². The molecule has 93 heavy (non-hydrogen) atoms. The molecular weight excluding hydrogens is 1430 g/mol. The number of hydrogen-bond donors (Lipinski definition) is 9. The molecule has 504 valence electrons. The number of esters is 1. The van der Waals surface area contributed by atoms with Gasteiger partial charge in [-0.15, -0.1) is 0 Å². The second-order valence-electron chi connectivity index (χ2n) is 25.3. The van der Waals surface area contributed by atoms with Crippen molar-refractivity contribution in [2.24, 2.45) is 33.7 Å². The average Bonchev–Trinajstić information content (AvgIpc) is 1.24. The molecule has 0 spiro atoms. The number of carbonyl (C=O) groups is 6. The number of pyridine rings is 2. The Morgan fingerprint density at radius 1 is 0.559 bits per heavy atom. The van der Waals surface area contributed by atoms with Crippen molar-refractivity contribution in [3.63, 3.8) is 0 Å². The number of nitrogens with one attached hydrogen (secondary N) is 4. The number of rotatable bonds is 25. The van der Waals surface area contributed by atoms with Crippen LogP contribution in [-0.2, 0) is 59.3 Å². The molecule has 7 atom stereocenters. The molecule has 0 fully saturated rings. The Balaban J connectivity index is 0.000000576.